The summed E-state index contributed by atoms with van der Waals surface area (Å²) in [6.45, 7) is 92.5. The van der Waals surface area contributed by atoms with Crippen LogP contribution in [0.5, 0.6) is 0 Å². The quantitative estimate of drug-likeness (QED) is 0.0341. The van der Waals surface area contributed by atoms with Crippen molar-refractivity contribution in [3.63, 3.8) is 0 Å². The summed E-state index contributed by atoms with van der Waals surface area (Å²) in [5, 5.41) is 38.1. The van der Waals surface area contributed by atoms with Crippen molar-refractivity contribution in [1.82, 2.24) is 122 Å². The normalized spacial score (nSPS) is 26.9. The summed E-state index contributed by atoms with van der Waals surface area (Å²) < 4.78 is 0. The maximum absolute atomic E-state index is 7.61. The summed E-state index contributed by atoms with van der Waals surface area (Å²) in [4.78, 5) is 66.3. The van der Waals surface area contributed by atoms with Crippen molar-refractivity contribution >= 4 is 23.3 Å². The molecule has 32 nitrogen and oxygen atoms in total. The highest BCUT2D eigenvalue weighted by Crippen LogP contribution is 2.49. The third-order valence-corrected chi connectivity index (χ3v) is 38.6. The highest BCUT2D eigenvalue weighted by atomic mass is 16.8. The molecule has 0 atom stereocenters. The Bertz CT molecular complexity index is 4180. The molecule has 0 saturated carbocycles. The first-order valence-electron chi connectivity index (χ1n) is 57.4. The zero-order chi connectivity index (χ0) is 108. The fourth-order valence-corrected chi connectivity index (χ4v) is 27.9. The predicted octanol–water partition coefficient (Wildman–Crippen LogP) is 18.0. The summed E-state index contributed by atoms with van der Waals surface area (Å²) in [7, 11) is 18.4. The molecule has 0 aliphatic carbocycles. The standard InChI is InChI=1S/C114H218N28O4/c1-45-49-55-135(83-67-99(5,6)125(37)100(7,8)68-83)95-63-91(117-139(121-95)143-87-75-107(21,22)129(41)108(23,24)76-87)115-53-59-133(93-65-97(123-141(119-93)145-89-79-111(29,30)131(43)112(31,32)80-89)137(57-51-47-3)85-71-103(13,14)127(39)104(15,16)72-85)61-62-134(94-66-98(124-142(120-94)146-90-81-113(33,34)132(44)114(35,36)82-90)138(58-52-48-4)86-73-105(17,18)128(40)106(19,20)74-86)60-54-116-92-64-96(122-140(118-92)144-88-77-109(25,26)130(42)110(27,28)78-88)136(56-50-46-2)84-69-101(9,10)126(38)102(11,12)70-84/h63-66,83-90,115-120H,45-62,67-82H2,1-44H3. The lowest BCUT2D eigenvalue weighted by atomic mass is 9.76. The molecule has 8 saturated heterocycles. The maximum Gasteiger partial charge on any atom is 0.157 e. The number of unbranched alkanes of at least 4 members (excludes halogenated alkanes) is 4. The van der Waals surface area contributed by atoms with Crippen LogP contribution in [0.3, 0.4) is 0 Å². The molecule has 8 fully saturated rings. The van der Waals surface area contributed by atoms with Gasteiger partial charge in [-0.15, -0.1) is 20.4 Å². The minimum absolute atomic E-state index is 0.0713. The van der Waals surface area contributed by atoms with Gasteiger partial charge in [0.05, 0.1) is 24.4 Å². The van der Waals surface area contributed by atoms with Crippen LogP contribution in [-0.4, -0.2) is 372 Å². The largest absolute Gasteiger partial charge is 0.369 e. The van der Waals surface area contributed by atoms with E-state index in [1.54, 1.807) is 21.1 Å². The Hall–Kier alpha value is -6.04. The van der Waals surface area contributed by atoms with Crippen LogP contribution in [0.1, 0.15) is 403 Å². The molecule has 0 bridgehead atoms. The van der Waals surface area contributed by atoms with Gasteiger partial charge in [0, 0.05) is 203 Å². The highest BCUT2D eigenvalue weighted by molar-refractivity contribution is 5.96. The van der Waals surface area contributed by atoms with Crippen LogP contribution < -0.4 is 32.3 Å². The molecule has 838 valence electrons. The minimum Gasteiger partial charge on any atom is -0.369 e. The fourth-order valence-electron chi connectivity index (χ4n) is 27.9. The number of likely N-dealkylation sites (tertiary alicyclic amines) is 8. The van der Waals surface area contributed by atoms with Gasteiger partial charge in [-0.1, -0.05) is 74.5 Å². The van der Waals surface area contributed by atoms with Crippen LogP contribution in [0.4, 0.5) is 0 Å². The number of rotatable bonds is 37. The molecular formula is C114H218N28O4. The molecule has 0 amide bonds. The summed E-state index contributed by atoms with van der Waals surface area (Å²) in [6, 6.07) is 0.745. The van der Waals surface area contributed by atoms with Gasteiger partial charge in [-0.05, 0) is 406 Å². The second-order valence-corrected chi connectivity index (χ2v) is 56.8. The second-order valence-electron chi connectivity index (χ2n) is 56.8. The van der Waals surface area contributed by atoms with Crippen LogP contribution in [0.15, 0.2) is 68.0 Å². The monoisotopic (exact) mass is 2040 g/mol. The number of hydrazine groups is 4. The molecule has 12 heterocycles. The lowest BCUT2D eigenvalue weighted by molar-refractivity contribution is -0.255. The summed E-state index contributed by atoms with van der Waals surface area (Å²) in [5.41, 5.74) is 13.7. The van der Waals surface area contributed by atoms with Gasteiger partial charge in [0.15, 0.2) is 23.3 Å². The summed E-state index contributed by atoms with van der Waals surface area (Å²) in [5.74, 6) is 7.01. The molecule has 0 aromatic rings. The first-order valence-corrected chi connectivity index (χ1v) is 57.4. The van der Waals surface area contributed by atoms with Gasteiger partial charge < -0.3 is 40.0 Å². The van der Waals surface area contributed by atoms with Gasteiger partial charge in [0.2, 0.25) is 0 Å². The molecule has 0 unspecified atom stereocenters. The van der Waals surface area contributed by atoms with E-state index in [2.05, 4.69) is 431 Å². The molecule has 0 aromatic carbocycles. The number of hydrogen-bond donors (Lipinski definition) is 6. The van der Waals surface area contributed by atoms with Gasteiger partial charge in [0.1, 0.15) is 23.3 Å². The average Bonchev–Trinajstić information content (AvgIpc) is 0.759. The molecule has 0 aromatic heterocycles. The molecule has 6 N–H and O–H groups in total. The number of hydrazone groups is 4. The van der Waals surface area contributed by atoms with E-state index in [0.717, 1.165) is 227 Å². The number of nitrogens with one attached hydrogen (secondary N) is 6. The predicted molar refractivity (Wildman–Crippen MR) is 603 cm³/mol. The topological polar surface area (TPSA) is 217 Å². The number of piperidine rings is 8. The lowest BCUT2D eigenvalue weighted by Gasteiger charge is -2.56. The lowest BCUT2D eigenvalue weighted by Crippen LogP contribution is -2.64. The Morgan fingerprint density at radius 1 is 0.247 bits per heavy atom. The van der Waals surface area contributed by atoms with E-state index >= 15 is 0 Å². The molecule has 146 heavy (non-hydrogen) atoms. The molecule has 12 rings (SSSR count). The van der Waals surface area contributed by atoms with Crippen LogP contribution >= 0.6 is 0 Å². The summed E-state index contributed by atoms with van der Waals surface area (Å²) in [6.07, 6.45) is 31.3. The number of amidine groups is 4. The van der Waals surface area contributed by atoms with Crippen molar-refractivity contribution in [2.75, 3.05) is 122 Å². The van der Waals surface area contributed by atoms with Crippen molar-refractivity contribution in [1.29, 1.82) is 0 Å². The van der Waals surface area contributed by atoms with Crippen LogP contribution in [0.2, 0.25) is 0 Å². The van der Waals surface area contributed by atoms with Gasteiger partial charge in [0.25, 0.3) is 0 Å². The van der Waals surface area contributed by atoms with E-state index in [-0.39, 0.29) is 137 Å². The Kier molecular flexibility index (Phi) is 36.1. The molecule has 0 radical (unpaired) electrons. The highest BCUT2D eigenvalue weighted by Gasteiger charge is 2.55. The molecule has 32 heteroatoms. The van der Waals surface area contributed by atoms with Gasteiger partial charge in [-0.2, -0.15) is 0 Å². The van der Waals surface area contributed by atoms with E-state index in [1.165, 1.54) is 0 Å². The maximum atomic E-state index is 7.61. The Morgan fingerprint density at radius 2 is 0.418 bits per heavy atom. The van der Waals surface area contributed by atoms with Gasteiger partial charge in [-0.25, -0.2) is 41.1 Å². The van der Waals surface area contributed by atoms with Crippen molar-refractivity contribution in [3.05, 3.63) is 47.6 Å². The van der Waals surface area contributed by atoms with E-state index in [4.69, 9.17) is 39.8 Å². The van der Waals surface area contributed by atoms with E-state index in [9.17, 15) is 0 Å². The zero-order valence-corrected chi connectivity index (χ0v) is 101. The molecule has 12 aliphatic rings. The zero-order valence-electron chi connectivity index (χ0n) is 101. The van der Waals surface area contributed by atoms with Crippen molar-refractivity contribution in [2.24, 2.45) is 20.4 Å². The van der Waals surface area contributed by atoms with E-state index < -0.39 is 0 Å². The molecular weight excluding hydrogens is 1830 g/mol. The van der Waals surface area contributed by atoms with Crippen LogP contribution in [0, 0.1) is 0 Å². The van der Waals surface area contributed by atoms with Gasteiger partial charge >= 0.3 is 0 Å². The first kappa shape index (κ1) is 119. The SMILES string of the molecule is CCCCN(C1=NN(OC2CC(C)(C)N(C)C(C)(C)C2)NC(NCCN(CCN(CCNC2=CC(N(CCCC)C3CC(C)(C)N(C)C(C)(C)C3)=NN(OC3CC(C)(C)N(C)C(C)(C)C3)N2)C2=CC(N(CCCC)C3CC(C)(C)N(C)C(C)(C)C3)=NN(OC3CC(C)(C)N(C)C(C)(C)C3)N2)C2=CC(N(CCCC)C3CC(C)(C)N(C)C(C)(C)C3)=NN(OC3CC(C)(C)N(C)C(C)(C)C3)N2)=C1)C1CC(C)(C)N(C)C(C)(C)C1. The van der Waals surface area contributed by atoms with Crippen LogP contribution in [0.25, 0.3) is 0 Å². The summed E-state index contributed by atoms with van der Waals surface area (Å²) >= 11 is 0. The van der Waals surface area contributed by atoms with Gasteiger partial charge in [-0.3, -0.25) is 39.2 Å². The molecule has 12 aliphatic heterocycles. The van der Waals surface area contributed by atoms with Crippen molar-refractivity contribution in [3.8, 4) is 0 Å². The van der Waals surface area contributed by atoms with Crippen LogP contribution in [-0.2, 0) is 19.4 Å². The Balaban J connectivity index is 1.03. The first-order chi connectivity index (χ1) is 67.2. The second kappa shape index (κ2) is 44.4. The Labute approximate surface area is 890 Å². The van der Waals surface area contributed by atoms with E-state index in [0.29, 0.717) is 39.3 Å². The van der Waals surface area contributed by atoms with Crippen molar-refractivity contribution in [2.45, 2.75) is 541 Å². The third kappa shape index (κ3) is 27.5. The molecule has 0 spiro atoms. The number of nitrogens with zero attached hydrogens (tertiary/aromatic N) is 22. The fraction of sp³-hybridized carbons (Fsp3) is 0.895. The average molecular weight is 2050 g/mol. The van der Waals surface area contributed by atoms with E-state index in [1.807, 2.05) is 0 Å². The van der Waals surface area contributed by atoms with Crippen molar-refractivity contribution < 1.29 is 19.4 Å². The minimum atomic E-state index is -0.173. The smallest absolute Gasteiger partial charge is 0.157 e. The third-order valence-electron chi connectivity index (χ3n) is 38.6. The Morgan fingerprint density at radius 3 is 0.603 bits per heavy atom. The number of hydrogen-bond acceptors (Lipinski definition) is 32.